The largest absolute Gasteiger partial charge is 0.349 e. The summed E-state index contributed by atoms with van der Waals surface area (Å²) in [6.07, 6.45) is 2.96. The number of fused-ring (bicyclic) bond motifs is 1. The maximum Gasteiger partial charge on any atom is 0.240 e. The molecule has 28 heavy (non-hydrogen) atoms. The molecule has 2 N–H and O–H groups in total. The molecule has 0 heterocycles. The van der Waals surface area contributed by atoms with E-state index in [0.717, 1.165) is 24.8 Å². The quantitative estimate of drug-likeness (QED) is 0.699. The summed E-state index contributed by atoms with van der Waals surface area (Å²) in [4.78, 5) is 23.7. The van der Waals surface area contributed by atoms with Crippen LogP contribution in [0.1, 0.15) is 53.7 Å². The van der Waals surface area contributed by atoms with Crippen molar-refractivity contribution in [2.45, 2.75) is 43.5 Å². The highest BCUT2D eigenvalue weighted by Crippen LogP contribution is 2.29. The third kappa shape index (κ3) is 4.85. The molecule has 0 bridgehead atoms. The summed E-state index contributed by atoms with van der Waals surface area (Å²) in [5.41, 5.74) is 2.73. The van der Waals surface area contributed by atoms with Gasteiger partial charge in [-0.15, -0.1) is 0 Å². The molecule has 0 radical (unpaired) electrons. The molecule has 1 aliphatic rings. The average molecular weight is 401 g/mol. The summed E-state index contributed by atoms with van der Waals surface area (Å²) in [5.74, 6) is -0.397. The van der Waals surface area contributed by atoms with Crippen molar-refractivity contribution in [2.24, 2.45) is 0 Å². The minimum Gasteiger partial charge on any atom is -0.349 e. The Bertz CT molecular complexity index is 985. The summed E-state index contributed by atoms with van der Waals surface area (Å²) in [6, 6.07) is 13.9. The van der Waals surface area contributed by atoms with E-state index in [9.17, 15) is 18.0 Å². The third-order valence-electron chi connectivity index (χ3n) is 4.90. The van der Waals surface area contributed by atoms with Gasteiger partial charge in [0.1, 0.15) is 0 Å². The van der Waals surface area contributed by atoms with Crippen LogP contribution in [0.15, 0.2) is 53.4 Å². The number of carbonyl (C=O) groups excluding carboxylic acids is 2. The van der Waals surface area contributed by atoms with E-state index >= 15 is 0 Å². The molecule has 0 unspecified atom stereocenters. The highest BCUT2D eigenvalue weighted by Gasteiger charge is 2.21. The van der Waals surface area contributed by atoms with E-state index in [1.807, 2.05) is 18.2 Å². The molecular formula is C21H24N2O4S. The van der Waals surface area contributed by atoms with Gasteiger partial charge in [0.25, 0.3) is 0 Å². The molecule has 0 saturated carbocycles. The van der Waals surface area contributed by atoms with Crippen molar-refractivity contribution >= 4 is 21.7 Å². The number of amides is 1. The zero-order valence-corrected chi connectivity index (χ0v) is 16.6. The first-order chi connectivity index (χ1) is 13.4. The van der Waals surface area contributed by atoms with E-state index in [4.69, 9.17) is 0 Å². The van der Waals surface area contributed by atoms with Crippen LogP contribution in [0, 0.1) is 0 Å². The molecule has 2 aromatic rings. The summed E-state index contributed by atoms with van der Waals surface area (Å²) < 4.78 is 27.2. The molecule has 0 aromatic heterocycles. The number of ketones is 1. The number of Topliss-reactive ketones (excluding diaryl/α,β-unsaturated/α-hetero) is 1. The number of rotatable bonds is 7. The van der Waals surface area contributed by atoms with E-state index < -0.39 is 10.0 Å². The van der Waals surface area contributed by atoms with Crippen LogP contribution in [0.5, 0.6) is 0 Å². The van der Waals surface area contributed by atoms with Crippen LogP contribution >= 0.6 is 0 Å². The first kappa shape index (κ1) is 20.2. The lowest BCUT2D eigenvalue weighted by Gasteiger charge is -2.26. The summed E-state index contributed by atoms with van der Waals surface area (Å²) in [7, 11) is -3.78. The zero-order chi connectivity index (χ0) is 20.1. The van der Waals surface area contributed by atoms with Gasteiger partial charge < -0.3 is 5.32 Å². The Labute approximate surface area is 165 Å². The first-order valence-electron chi connectivity index (χ1n) is 9.34. The van der Waals surface area contributed by atoms with E-state index in [0.29, 0.717) is 5.56 Å². The summed E-state index contributed by atoms with van der Waals surface area (Å²) in [5, 5.41) is 3.01. The standard InChI is InChI=1S/C21H24N2O4S/c1-15(24)17-8-4-9-18(14-17)28(26,27)22-13-12-21(25)23-20-11-5-7-16-6-2-3-10-19(16)20/h2-4,6,8-10,14,20,22H,5,7,11-13H2,1H3,(H,23,25)/t20-/m1/s1. The van der Waals surface area contributed by atoms with Crippen LogP contribution in [0.3, 0.4) is 0 Å². The predicted octanol–water partition coefficient (Wildman–Crippen LogP) is 2.75. The predicted molar refractivity (Wildman–Crippen MR) is 107 cm³/mol. The van der Waals surface area contributed by atoms with Crippen molar-refractivity contribution in [1.29, 1.82) is 0 Å². The van der Waals surface area contributed by atoms with Gasteiger partial charge in [0.15, 0.2) is 5.78 Å². The molecular weight excluding hydrogens is 376 g/mol. The summed E-state index contributed by atoms with van der Waals surface area (Å²) in [6.45, 7) is 1.37. The second-order valence-corrected chi connectivity index (χ2v) is 8.71. The lowest BCUT2D eigenvalue weighted by Crippen LogP contribution is -2.34. The monoisotopic (exact) mass is 400 g/mol. The average Bonchev–Trinajstić information content (AvgIpc) is 2.68. The molecule has 148 valence electrons. The Kier molecular flexibility index (Phi) is 6.26. The number of carbonyl (C=O) groups is 2. The molecule has 0 spiro atoms. The molecule has 0 aliphatic heterocycles. The molecule has 2 aromatic carbocycles. The van der Waals surface area contributed by atoms with E-state index in [-0.39, 0.29) is 35.6 Å². The van der Waals surface area contributed by atoms with Crippen LogP contribution in [0.2, 0.25) is 0 Å². The van der Waals surface area contributed by atoms with Gasteiger partial charge in [-0.25, -0.2) is 13.1 Å². The number of hydrogen-bond acceptors (Lipinski definition) is 4. The van der Waals surface area contributed by atoms with Gasteiger partial charge >= 0.3 is 0 Å². The number of sulfonamides is 1. The first-order valence-corrected chi connectivity index (χ1v) is 10.8. The molecule has 1 aliphatic carbocycles. The molecule has 1 amide bonds. The maximum absolute atomic E-state index is 12.4. The molecule has 3 rings (SSSR count). The van der Waals surface area contributed by atoms with Gasteiger partial charge in [0.05, 0.1) is 10.9 Å². The Hall–Kier alpha value is -2.51. The van der Waals surface area contributed by atoms with Crippen molar-refractivity contribution in [3.05, 3.63) is 65.2 Å². The highest BCUT2D eigenvalue weighted by molar-refractivity contribution is 7.89. The van der Waals surface area contributed by atoms with Crippen molar-refractivity contribution < 1.29 is 18.0 Å². The van der Waals surface area contributed by atoms with E-state index in [2.05, 4.69) is 16.1 Å². The van der Waals surface area contributed by atoms with Gasteiger partial charge in [-0.3, -0.25) is 9.59 Å². The van der Waals surface area contributed by atoms with Crippen molar-refractivity contribution in [3.8, 4) is 0 Å². The van der Waals surface area contributed by atoms with Crippen molar-refractivity contribution in [3.63, 3.8) is 0 Å². The SMILES string of the molecule is CC(=O)c1cccc(S(=O)(=O)NCCC(=O)N[C@@H]2CCCc3ccccc32)c1. The number of hydrogen-bond donors (Lipinski definition) is 2. The fourth-order valence-corrected chi connectivity index (χ4v) is 4.51. The molecule has 0 fully saturated rings. The Morgan fingerprint density at radius 1 is 1.11 bits per heavy atom. The van der Waals surface area contributed by atoms with Gasteiger partial charge in [0.2, 0.25) is 15.9 Å². The van der Waals surface area contributed by atoms with Crippen LogP contribution < -0.4 is 10.0 Å². The van der Waals surface area contributed by atoms with Crippen LogP contribution in [-0.2, 0) is 21.2 Å². The zero-order valence-electron chi connectivity index (χ0n) is 15.8. The highest BCUT2D eigenvalue weighted by atomic mass is 32.2. The Balaban J connectivity index is 1.56. The van der Waals surface area contributed by atoms with Crippen LogP contribution in [0.25, 0.3) is 0 Å². The minimum absolute atomic E-state index is 0.00711. The number of benzene rings is 2. The van der Waals surface area contributed by atoms with E-state index in [1.165, 1.54) is 30.7 Å². The molecule has 6 nitrogen and oxygen atoms in total. The second-order valence-electron chi connectivity index (χ2n) is 6.94. The molecule has 7 heteroatoms. The normalized spacial score (nSPS) is 16.2. The Morgan fingerprint density at radius 2 is 1.89 bits per heavy atom. The van der Waals surface area contributed by atoms with Crippen LogP contribution in [-0.4, -0.2) is 26.7 Å². The van der Waals surface area contributed by atoms with Gasteiger partial charge in [0, 0.05) is 18.5 Å². The summed E-state index contributed by atoms with van der Waals surface area (Å²) >= 11 is 0. The molecule has 0 saturated heterocycles. The van der Waals surface area contributed by atoms with Crippen molar-refractivity contribution in [1.82, 2.24) is 10.0 Å². The topological polar surface area (TPSA) is 92.3 Å². The van der Waals surface area contributed by atoms with Gasteiger partial charge in [-0.1, -0.05) is 36.4 Å². The fourth-order valence-electron chi connectivity index (χ4n) is 3.43. The fraction of sp³-hybridized carbons (Fsp3) is 0.333. The number of aryl methyl sites for hydroxylation is 1. The molecule has 1 atom stereocenters. The van der Waals surface area contributed by atoms with E-state index in [1.54, 1.807) is 6.07 Å². The smallest absolute Gasteiger partial charge is 0.240 e. The van der Waals surface area contributed by atoms with Gasteiger partial charge in [-0.05, 0) is 49.4 Å². The van der Waals surface area contributed by atoms with Gasteiger partial charge in [-0.2, -0.15) is 0 Å². The lowest BCUT2D eigenvalue weighted by molar-refractivity contribution is -0.121. The van der Waals surface area contributed by atoms with Crippen LogP contribution in [0.4, 0.5) is 0 Å². The Morgan fingerprint density at radius 3 is 2.68 bits per heavy atom. The maximum atomic E-state index is 12.4. The second kappa shape index (κ2) is 8.67. The van der Waals surface area contributed by atoms with Crippen molar-refractivity contribution in [2.75, 3.05) is 6.54 Å². The third-order valence-corrected chi connectivity index (χ3v) is 6.36. The number of nitrogens with one attached hydrogen (secondary N) is 2. The lowest BCUT2D eigenvalue weighted by atomic mass is 9.88. The minimum atomic E-state index is -3.78.